The second-order valence-electron chi connectivity index (χ2n) is 5.85. The number of hydrogen-bond acceptors (Lipinski definition) is 3. The van der Waals surface area contributed by atoms with Crippen molar-refractivity contribution >= 4 is 0 Å². The highest BCUT2D eigenvalue weighted by molar-refractivity contribution is 5.42. The molecule has 0 spiro atoms. The van der Waals surface area contributed by atoms with Gasteiger partial charge < -0.3 is 15.2 Å². The van der Waals surface area contributed by atoms with E-state index in [0.29, 0.717) is 6.04 Å². The molecule has 0 aliphatic heterocycles. The van der Waals surface area contributed by atoms with Gasteiger partial charge in [0.05, 0.1) is 19.8 Å². The van der Waals surface area contributed by atoms with E-state index in [1.807, 2.05) is 24.3 Å². The molecule has 0 radical (unpaired) electrons. The highest BCUT2D eigenvalue weighted by Crippen LogP contribution is 2.30. The fourth-order valence-electron chi connectivity index (χ4n) is 3.33. The molecule has 0 saturated heterocycles. The van der Waals surface area contributed by atoms with Crippen LogP contribution in [0.4, 0.5) is 0 Å². The fraction of sp³-hybridized carbons (Fsp3) is 0.368. The number of benzene rings is 2. The van der Waals surface area contributed by atoms with E-state index in [4.69, 9.17) is 4.74 Å². The molecule has 3 rings (SSSR count). The molecule has 2 aromatic carbocycles. The topological polar surface area (TPSA) is 41.5 Å². The van der Waals surface area contributed by atoms with Crippen molar-refractivity contribution in [3.05, 3.63) is 65.2 Å². The minimum Gasteiger partial charge on any atom is -0.496 e. The van der Waals surface area contributed by atoms with Gasteiger partial charge in [-0.05, 0) is 42.0 Å². The molecular formula is C19H23NO2. The van der Waals surface area contributed by atoms with Crippen molar-refractivity contribution in [3.8, 4) is 5.75 Å². The van der Waals surface area contributed by atoms with Gasteiger partial charge >= 0.3 is 0 Å². The lowest BCUT2D eigenvalue weighted by molar-refractivity contribution is 0.228. The maximum atomic E-state index is 9.71. The molecule has 2 atom stereocenters. The summed E-state index contributed by atoms with van der Waals surface area (Å²) in [6, 6.07) is 16.8. The van der Waals surface area contributed by atoms with Gasteiger partial charge in [-0.15, -0.1) is 0 Å². The zero-order chi connectivity index (χ0) is 15.4. The molecule has 3 heteroatoms. The van der Waals surface area contributed by atoms with Crippen molar-refractivity contribution in [2.24, 2.45) is 0 Å². The predicted molar refractivity (Wildman–Crippen MR) is 88.2 cm³/mol. The first-order valence-electron chi connectivity index (χ1n) is 7.88. The van der Waals surface area contributed by atoms with Crippen molar-refractivity contribution in [1.82, 2.24) is 5.32 Å². The van der Waals surface area contributed by atoms with Crippen LogP contribution in [-0.4, -0.2) is 24.9 Å². The van der Waals surface area contributed by atoms with Crippen molar-refractivity contribution in [2.75, 3.05) is 13.7 Å². The van der Waals surface area contributed by atoms with Crippen LogP contribution in [-0.2, 0) is 12.8 Å². The Hall–Kier alpha value is -1.84. The second kappa shape index (κ2) is 6.95. The van der Waals surface area contributed by atoms with Crippen LogP contribution in [0, 0.1) is 0 Å². The molecule has 0 bridgehead atoms. The van der Waals surface area contributed by atoms with Gasteiger partial charge in [0.15, 0.2) is 0 Å². The number of fused-ring (bicyclic) bond motifs is 1. The monoisotopic (exact) mass is 297 g/mol. The van der Waals surface area contributed by atoms with Gasteiger partial charge in [0.25, 0.3) is 0 Å². The van der Waals surface area contributed by atoms with E-state index < -0.39 is 0 Å². The van der Waals surface area contributed by atoms with Crippen molar-refractivity contribution < 1.29 is 9.84 Å². The van der Waals surface area contributed by atoms with Gasteiger partial charge in [0.2, 0.25) is 0 Å². The van der Waals surface area contributed by atoms with Crippen molar-refractivity contribution in [3.63, 3.8) is 0 Å². The first-order chi connectivity index (χ1) is 10.8. The number of hydrogen-bond donors (Lipinski definition) is 2. The lowest BCUT2D eigenvalue weighted by Gasteiger charge is -2.30. The van der Waals surface area contributed by atoms with E-state index in [-0.39, 0.29) is 12.6 Å². The summed E-state index contributed by atoms with van der Waals surface area (Å²) in [5.41, 5.74) is 3.83. The van der Waals surface area contributed by atoms with Crippen LogP contribution in [0.2, 0.25) is 0 Å². The molecule has 3 nitrogen and oxygen atoms in total. The summed E-state index contributed by atoms with van der Waals surface area (Å²) < 4.78 is 5.46. The number of methoxy groups -OCH3 is 1. The summed E-state index contributed by atoms with van der Waals surface area (Å²) in [4.78, 5) is 0. The van der Waals surface area contributed by atoms with Gasteiger partial charge in [0, 0.05) is 6.04 Å². The summed E-state index contributed by atoms with van der Waals surface area (Å²) in [5.74, 6) is 0.998. The third-order valence-corrected chi connectivity index (χ3v) is 4.48. The smallest absolute Gasteiger partial charge is 0.122 e. The SMILES string of the molecule is COc1cccc2c1CC[C@H](N[C@H](CO)c1ccccc1)C2. The lowest BCUT2D eigenvalue weighted by Crippen LogP contribution is -2.38. The van der Waals surface area contributed by atoms with Crippen LogP contribution in [0.1, 0.15) is 29.2 Å². The standard InChI is InChI=1S/C19H23NO2/c1-22-19-9-5-8-15-12-16(10-11-17(15)19)20-18(13-21)14-6-3-2-4-7-14/h2-9,16,18,20-21H,10-13H2,1H3/t16-,18+/m0/s1. The summed E-state index contributed by atoms with van der Waals surface area (Å²) >= 11 is 0. The van der Waals surface area contributed by atoms with Gasteiger partial charge in [0.1, 0.15) is 5.75 Å². The highest BCUT2D eigenvalue weighted by Gasteiger charge is 2.23. The molecule has 0 amide bonds. The number of rotatable bonds is 5. The predicted octanol–water partition coefficient (Wildman–Crippen LogP) is 2.88. The molecule has 116 valence electrons. The Morgan fingerprint density at radius 3 is 2.73 bits per heavy atom. The molecule has 0 aromatic heterocycles. The van der Waals surface area contributed by atoms with E-state index in [9.17, 15) is 5.11 Å². The zero-order valence-electron chi connectivity index (χ0n) is 13.0. The van der Waals surface area contributed by atoms with Crippen molar-refractivity contribution in [1.29, 1.82) is 0 Å². The van der Waals surface area contributed by atoms with Crippen molar-refractivity contribution in [2.45, 2.75) is 31.3 Å². The Bertz CT molecular complexity index is 612. The lowest BCUT2D eigenvalue weighted by atomic mass is 9.87. The summed E-state index contributed by atoms with van der Waals surface area (Å²) in [7, 11) is 1.73. The van der Waals surface area contributed by atoms with Crippen LogP contribution in [0.5, 0.6) is 5.75 Å². The minimum absolute atomic E-state index is 0.00152. The van der Waals surface area contributed by atoms with Gasteiger partial charge in [-0.2, -0.15) is 0 Å². The summed E-state index contributed by atoms with van der Waals surface area (Å²) in [6.07, 6.45) is 3.07. The van der Waals surface area contributed by atoms with Crippen LogP contribution >= 0.6 is 0 Å². The molecule has 0 unspecified atom stereocenters. The number of nitrogens with one attached hydrogen (secondary N) is 1. The van der Waals surface area contributed by atoms with Crippen LogP contribution in [0.3, 0.4) is 0 Å². The zero-order valence-corrected chi connectivity index (χ0v) is 13.0. The molecule has 22 heavy (non-hydrogen) atoms. The molecular weight excluding hydrogens is 274 g/mol. The Labute approximate surface area is 131 Å². The average molecular weight is 297 g/mol. The van der Waals surface area contributed by atoms with Crippen LogP contribution in [0.15, 0.2) is 48.5 Å². The molecule has 0 saturated carbocycles. The summed E-state index contributed by atoms with van der Waals surface area (Å²) in [5, 5.41) is 13.3. The molecule has 2 N–H and O–H groups in total. The third-order valence-electron chi connectivity index (χ3n) is 4.48. The molecule has 0 fully saturated rings. The summed E-state index contributed by atoms with van der Waals surface area (Å²) in [6.45, 7) is 0.117. The Balaban J connectivity index is 1.72. The Morgan fingerprint density at radius 2 is 2.00 bits per heavy atom. The first kappa shape index (κ1) is 15.1. The molecule has 0 heterocycles. The minimum atomic E-state index is -0.00152. The van der Waals surface area contributed by atoms with Gasteiger partial charge in [-0.1, -0.05) is 42.5 Å². The van der Waals surface area contributed by atoms with E-state index >= 15 is 0 Å². The number of aliphatic hydroxyl groups excluding tert-OH is 1. The Kier molecular flexibility index (Phi) is 4.76. The maximum Gasteiger partial charge on any atom is 0.122 e. The maximum absolute atomic E-state index is 9.71. The Morgan fingerprint density at radius 1 is 1.18 bits per heavy atom. The highest BCUT2D eigenvalue weighted by atomic mass is 16.5. The normalized spacial score (nSPS) is 18.5. The van der Waals surface area contributed by atoms with Gasteiger partial charge in [-0.3, -0.25) is 0 Å². The van der Waals surface area contributed by atoms with E-state index in [1.165, 1.54) is 11.1 Å². The van der Waals surface area contributed by atoms with E-state index in [1.54, 1.807) is 7.11 Å². The number of ether oxygens (including phenoxy) is 1. The van der Waals surface area contributed by atoms with Crippen LogP contribution < -0.4 is 10.1 Å². The first-order valence-corrected chi connectivity index (χ1v) is 7.88. The van der Waals surface area contributed by atoms with Crippen LogP contribution in [0.25, 0.3) is 0 Å². The quantitative estimate of drug-likeness (QED) is 0.891. The molecule has 1 aliphatic carbocycles. The van der Waals surface area contributed by atoms with E-state index in [0.717, 1.165) is 30.6 Å². The largest absolute Gasteiger partial charge is 0.496 e. The molecule has 2 aromatic rings. The van der Waals surface area contributed by atoms with E-state index in [2.05, 4.69) is 29.6 Å². The average Bonchev–Trinajstić information content (AvgIpc) is 2.59. The molecule has 1 aliphatic rings. The third kappa shape index (κ3) is 3.16. The second-order valence-corrected chi connectivity index (χ2v) is 5.85. The fourth-order valence-corrected chi connectivity index (χ4v) is 3.33. The number of aliphatic hydroxyl groups is 1. The van der Waals surface area contributed by atoms with Gasteiger partial charge in [-0.25, -0.2) is 0 Å².